The topological polar surface area (TPSA) is 16.4 Å². The van der Waals surface area contributed by atoms with Gasteiger partial charge in [-0.2, -0.15) is 0 Å². The fraction of sp³-hybridized carbons (Fsp3) is 0.0233. The third kappa shape index (κ3) is 5.04. The van der Waals surface area contributed by atoms with Gasteiger partial charge in [0.25, 0.3) is 0 Å². The highest BCUT2D eigenvalue weighted by atomic mass is 35.5. The third-order valence-corrected chi connectivity index (χ3v) is 14.0. The van der Waals surface area contributed by atoms with Gasteiger partial charge in [0.2, 0.25) is 0 Å². The van der Waals surface area contributed by atoms with Gasteiger partial charge < -0.3 is 9.32 Å². The van der Waals surface area contributed by atoms with Crippen LogP contribution in [0.2, 0.25) is 5.02 Å². The van der Waals surface area contributed by atoms with Crippen molar-refractivity contribution in [2.24, 2.45) is 0 Å². The summed E-state index contributed by atoms with van der Waals surface area (Å²) in [4.78, 5) is 2.38. The number of rotatable bonds is 5. The van der Waals surface area contributed by atoms with E-state index in [1.54, 1.807) is 0 Å². The predicted molar refractivity (Wildman–Crippen MR) is 272 cm³/mol. The fourth-order valence-corrected chi connectivity index (χ4v) is 10.4. The zero-order valence-electron chi connectivity index (χ0n) is 34.1. The first kappa shape index (κ1) is 36.7. The SMILES string of the molecule is Bc1c(B)c(B)c(C2(c3c(B)c(B)c(B)c(B)c3B)c3ccccc3-c3ccc(N(c4cccc(Cl)c4)c4cccc5oc6ccccc6c45)cc32)c(B)c1B. The molecule has 0 saturated heterocycles. The van der Waals surface area contributed by atoms with Crippen molar-refractivity contribution in [2.75, 3.05) is 4.90 Å². The zero-order chi connectivity index (χ0) is 39.4. The third-order valence-electron chi connectivity index (χ3n) is 13.7. The van der Waals surface area contributed by atoms with Crippen LogP contribution in [0.5, 0.6) is 0 Å². The lowest BCUT2D eigenvalue weighted by Gasteiger charge is -2.42. The summed E-state index contributed by atoms with van der Waals surface area (Å²) in [7, 11) is 23.3. The molecule has 0 radical (unpaired) electrons. The summed E-state index contributed by atoms with van der Waals surface area (Å²) >= 11 is 6.83. The van der Waals surface area contributed by atoms with Crippen molar-refractivity contribution in [3.05, 3.63) is 136 Å². The highest BCUT2D eigenvalue weighted by Crippen LogP contribution is 2.56. The Morgan fingerprint density at radius 3 is 1.61 bits per heavy atom. The summed E-state index contributed by atoms with van der Waals surface area (Å²) in [5.41, 5.74) is 25.8. The van der Waals surface area contributed by atoms with Gasteiger partial charge in [0, 0.05) is 21.8 Å². The number of hydrogen-bond donors (Lipinski definition) is 0. The maximum Gasteiger partial charge on any atom is 0.138 e. The molecule has 1 aromatic heterocycles. The van der Waals surface area contributed by atoms with Crippen molar-refractivity contribution in [3.8, 4) is 11.1 Å². The van der Waals surface area contributed by atoms with E-state index in [9.17, 15) is 0 Å². The van der Waals surface area contributed by atoms with Crippen LogP contribution in [0.1, 0.15) is 22.3 Å². The Labute approximate surface area is 344 Å². The van der Waals surface area contributed by atoms with Gasteiger partial charge in [0.05, 0.1) is 16.5 Å². The van der Waals surface area contributed by atoms with E-state index >= 15 is 0 Å². The molecule has 0 spiro atoms. The molecule has 0 unspecified atom stereocenters. The van der Waals surface area contributed by atoms with Crippen LogP contribution in [-0.2, 0) is 5.41 Å². The molecule has 1 aliphatic rings. The van der Waals surface area contributed by atoms with Crippen LogP contribution in [0.3, 0.4) is 0 Å². The molecule has 9 rings (SSSR count). The van der Waals surface area contributed by atoms with Crippen LogP contribution in [-0.4, -0.2) is 78.5 Å². The zero-order valence-corrected chi connectivity index (χ0v) is 34.9. The molecule has 0 aliphatic heterocycles. The number of nitrogens with zero attached hydrogens (tertiary/aromatic N) is 1. The quantitative estimate of drug-likeness (QED) is 0.165. The smallest absolute Gasteiger partial charge is 0.138 e. The summed E-state index contributed by atoms with van der Waals surface area (Å²) in [6.45, 7) is 0. The lowest BCUT2D eigenvalue weighted by Crippen LogP contribution is -2.63. The average Bonchev–Trinajstić information content (AvgIpc) is 3.72. The van der Waals surface area contributed by atoms with Gasteiger partial charge in [-0.1, -0.05) is 94.1 Å². The van der Waals surface area contributed by atoms with E-state index in [0.29, 0.717) is 5.02 Å². The lowest BCUT2D eigenvalue weighted by atomic mass is 9.49. The second-order valence-electron chi connectivity index (χ2n) is 16.1. The molecule has 7 aromatic carbocycles. The molecule has 0 saturated carbocycles. The van der Waals surface area contributed by atoms with E-state index in [1.165, 1.54) is 88.0 Å². The van der Waals surface area contributed by atoms with Gasteiger partial charge in [-0.15, -0.1) is 32.8 Å². The van der Waals surface area contributed by atoms with Crippen LogP contribution in [0, 0.1) is 0 Å². The van der Waals surface area contributed by atoms with Gasteiger partial charge in [-0.25, -0.2) is 0 Å². The van der Waals surface area contributed by atoms with E-state index < -0.39 is 5.41 Å². The van der Waals surface area contributed by atoms with Crippen molar-refractivity contribution >= 4 is 184 Å². The van der Waals surface area contributed by atoms with Crippen molar-refractivity contribution in [1.29, 1.82) is 0 Å². The fourth-order valence-electron chi connectivity index (χ4n) is 10.2. The van der Waals surface area contributed by atoms with Gasteiger partial charge in [0.1, 0.15) is 89.6 Å². The molecule has 258 valence electrons. The Hall–Kier alpha value is -4.92. The average molecular weight is 728 g/mol. The van der Waals surface area contributed by atoms with E-state index in [0.717, 1.165) is 39.0 Å². The monoisotopic (exact) mass is 729 g/mol. The van der Waals surface area contributed by atoms with Crippen molar-refractivity contribution in [1.82, 2.24) is 0 Å². The molecule has 1 heterocycles. The molecule has 0 fully saturated rings. The Kier molecular flexibility index (Phi) is 8.75. The summed E-state index contributed by atoms with van der Waals surface area (Å²) in [5, 5.41) is 2.85. The number of anilines is 3. The van der Waals surface area contributed by atoms with Gasteiger partial charge >= 0.3 is 0 Å². The van der Waals surface area contributed by atoms with Crippen molar-refractivity contribution in [3.63, 3.8) is 0 Å². The Morgan fingerprint density at radius 1 is 0.446 bits per heavy atom. The first-order chi connectivity index (χ1) is 26.9. The molecule has 8 aromatic rings. The predicted octanol–water partition coefficient (Wildman–Crippen LogP) is -5.34. The summed E-state index contributed by atoms with van der Waals surface area (Å²) in [6.07, 6.45) is 0. The lowest BCUT2D eigenvalue weighted by molar-refractivity contribution is 0.669. The van der Waals surface area contributed by atoms with Gasteiger partial charge in [-0.05, 0) is 81.9 Å². The maximum atomic E-state index is 6.83. The summed E-state index contributed by atoms with van der Waals surface area (Å²) in [5.74, 6) is 0. The Morgan fingerprint density at radius 2 is 0.964 bits per heavy atom. The molecule has 0 N–H and O–H groups in total. The second kappa shape index (κ2) is 13.3. The standard InChI is InChI=1S/C43H38B10ClNO/c44-33-31(34(45)38(49)41(52)37(33)48)43(32-35(46)39(50)42(53)40(51)36(32)47)25-11-3-1-9-22(25)23-16-15-21(18-26(23)43)55(20-8-5-7-19(54)17-20)27-12-6-14-29-30(27)24-10-2-4-13-28(24)56-29/h1-18H,44-53H2. The summed E-state index contributed by atoms with van der Waals surface area (Å²) in [6, 6.07) is 39.3. The minimum atomic E-state index is -0.592. The molecule has 0 atom stereocenters. The maximum absolute atomic E-state index is 6.83. The molecule has 2 nitrogen and oxygen atoms in total. The molecular weight excluding hydrogens is 690 g/mol. The van der Waals surface area contributed by atoms with E-state index in [4.69, 9.17) is 16.0 Å². The number of hydrogen-bond acceptors (Lipinski definition) is 2. The van der Waals surface area contributed by atoms with Crippen molar-refractivity contribution < 1.29 is 4.42 Å². The highest BCUT2D eigenvalue weighted by molar-refractivity contribution is 6.69. The number of furan rings is 1. The van der Waals surface area contributed by atoms with Gasteiger partial charge in [-0.3, -0.25) is 0 Å². The number of benzene rings is 7. The molecule has 56 heavy (non-hydrogen) atoms. The molecule has 1 aliphatic carbocycles. The van der Waals surface area contributed by atoms with E-state index in [1.807, 2.05) is 18.2 Å². The molecule has 0 amide bonds. The van der Waals surface area contributed by atoms with E-state index in [-0.39, 0.29) is 0 Å². The minimum Gasteiger partial charge on any atom is -0.456 e. The first-order valence-electron chi connectivity index (χ1n) is 19.7. The molecule has 13 heteroatoms. The Balaban J connectivity index is 1.47. The number of para-hydroxylation sites is 1. The molecular formula is C43H38B10ClNO. The molecule has 0 bridgehead atoms. The minimum absolute atomic E-state index is 0.592. The highest BCUT2D eigenvalue weighted by Gasteiger charge is 2.49. The first-order valence-corrected chi connectivity index (χ1v) is 20.1. The number of fused-ring (bicyclic) bond motifs is 6. The van der Waals surface area contributed by atoms with Crippen LogP contribution in [0.25, 0.3) is 33.1 Å². The normalized spacial score (nSPS) is 12.9. The van der Waals surface area contributed by atoms with E-state index in [2.05, 4.69) is 174 Å². The largest absolute Gasteiger partial charge is 0.456 e. The van der Waals surface area contributed by atoms with Crippen LogP contribution in [0.15, 0.2) is 114 Å². The Bertz CT molecular complexity index is 2850. The van der Waals surface area contributed by atoms with Crippen LogP contribution >= 0.6 is 11.6 Å². The van der Waals surface area contributed by atoms with Crippen LogP contribution in [0.4, 0.5) is 17.1 Å². The van der Waals surface area contributed by atoms with Crippen LogP contribution < -0.4 is 59.5 Å². The van der Waals surface area contributed by atoms with Gasteiger partial charge in [0.15, 0.2) is 0 Å². The second-order valence-corrected chi connectivity index (χ2v) is 16.5. The van der Waals surface area contributed by atoms with Crippen molar-refractivity contribution in [2.45, 2.75) is 5.41 Å². The number of halogens is 1. The summed E-state index contributed by atoms with van der Waals surface area (Å²) < 4.78 is 6.47.